The molecule has 1 N–H and O–H groups in total. The SMILES string of the molecule is O=Cc1coc(CC2CCCCN2)n1. The van der Waals surface area contributed by atoms with Crippen molar-refractivity contribution >= 4 is 6.29 Å². The van der Waals surface area contributed by atoms with Crippen molar-refractivity contribution in [2.75, 3.05) is 6.54 Å². The topological polar surface area (TPSA) is 55.1 Å². The van der Waals surface area contributed by atoms with Crippen LogP contribution in [0, 0.1) is 0 Å². The van der Waals surface area contributed by atoms with Crippen LogP contribution in [0.1, 0.15) is 35.6 Å². The average molecular weight is 194 g/mol. The Morgan fingerprint density at radius 2 is 2.57 bits per heavy atom. The molecule has 1 aliphatic heterocycles. The zero-order valence-corrected chi connectivity index (χ0v) is 8.03. The quantitative estimate of drug-likeness (QED) is 0.734. The predicted molar refractivity (Wildman–Crippen MR) is 51.2 cm³/mol. The second kappa shape index (κ2) is 4.37. The highest BCUT2D eigenvalue weighted by Crippen LogP contribution is 2.12. The second-order valence-electron chi connectivity index (χ2n) is 3.63. The van der Waals surface area contributed by atoms with Gasteiger partial charge in [-0.25, -0.2) is 4.98 Å². The first kappa shape index (κ1) is 9.40. The molecule has 0 bridgehead atoms. The summed E-state index contributed by atoms with van der Waals surface area (Å²) in [4.78, 5) is 14.4. The maximum atomic E-state index is 10.4. The van der Waals surface area contributed by atoms with E-state index in [1.165, 1.54) is 25.5 Å². The number of nitrogens with one attached hydrogen (secondary N) is 1. The number of piperidine rings is 1. The van der Waals surface area contributed by atoms with E-state index in [4.69, 9.17) is 4.42 Å². The zero-order valence-electron chi connectivity index (χ0n) is 8.03. The third-order valence-electron chi connectivity index (χ3n) is 2.52. The van der Waals surface area contributed by atoms with Gasteiger partial charge in [0.15, 0.2) is 12.2 Å². The van der Waals surface area contributed by atoms with Crippen LogP contribution < -0.4 is 5.32 Å². The van der Waals surface area contributed by atoms with Gasteiger partial charge >= 0.3 is 0 Å². The minimum atomic E-state index is 0.385. The smallest absolute Gasteiger partial charge is 0.196 e. The molecular formula is C10H14N2O2. The van der Waals surface area contributed by atoms with E-state index in [2.05, 4.69) is 10.3 Å². The van der Waals surface area contributed by atoms with Crippen molar-refractivity contribution in [3.8, 4) is 0 Å². The third-order valence-corrected chi connectivity index (χ3v) is 2.52. The first-order valence-electron chi connectivity index (χ1n) is 5.01. The minimum Gasteiger partial charge on any atom is -0.448 e. The molecule has 1 saturated heterocycles. The Labute approximate surface area is 82.7 Å². The van der Waals surface area contributed by atoms with E-state index in [0.717, 1.165) is 13.0 Å². The molecule has 1 fully saturated rings. The van der Waals surface area contributed by atoms with Crippen LogP contribution in [0.2, 0.25) is 0 Å². The fourth-order valence-corrected chi connectivity index (χ4v) is 1.78. The van der Waals surface area contributed by atoms with Gasteiger partial charge < -0.3 is 9.73 Å². The number of aromatic nitrogens is 1. The number of carbonyl (C=O) groups is 1. The van der Waals surface area contributed by atoms with Crippen molar-refractivity contribution in [3.05, 3.63) is 17.8 Å². The van der Waals surface area contributed by atoms with Gasteiger partial charge in [-0.3, -0.25) is 4.79 Å². The lowest BCUT2D eigenvalue weighted by atomic mass is 10.0. The number of nitrogens with zero attached hydrogens (tertiary/aromatic N) is 1. The van der Waals surface area contributed by atoms with Crippen LogP contribution in [0.25, 0.3) is 0 Å². The lowest BCUT2D eigenvalue weighted by Crippen LogP contribution is -2.35. The van der Waals surface area contributed by atoms with E-state index in [0.29, 0.717) is 23.9 Å². The van der Waals surface area contributed by atoms with E-state index in [1.54, 1.807) is 0 Å². The van der Waals surface area contributed by atoms with Gasteiger partial charge in [-0.2, -0.15) is 0 Å². The highest BCUT2D eigenvalue weighted by Gasteiger charge is 2.15. The molecule has 0 saturated carbocycles. The van der Waals surface area contributed by atoms with Crippen LogP contribution in [0.15, 0.2) is 10.7 Å². The summed E-state index contributed by atoms with van der Waals surface area (Å²) in [7, 11) is 0. The van der Waals surface area contributed by atoms with Crippen LogP contribution in [0.4, 0.5) is 0 Å². The Morgan fingerprint density at radius 3 is 3.21 bits per heavy atom. The van der Waals surface area contributed by atoms with Gasteiger partial charge in [-0.15, -0.1) is 0 Å². The molecule has 4 nitrogen and oxygen atoms in total. The van der Waals surface area contributed by atoms with Crippen molar-refractivity contribution in [2.24, 2.45) is 0 Å². The van der Waals surface area contributed by atoms with Gasteiger partial charge in [0, 0.05) is 12.5 Å². The molecule has 4 heteroatoms. The summed E-state index contributed by atoms with van der Waals surface area (Å²) in [6.07, 6.45) is 6.58. The molecule has 76 valence electrons. The molecule has 2 rings (SSSR count). The minimum absolute atomic E-state index is 0.385. The lowest BCUT2D eigenvalue weighted by molar-refractivity contribution is 0.111. The molecule has 0 aliphatic carbocycles. The van der Waals surface area contributed by atoms with Crippen molar-refractivity contribution in [2.45, 2.75) is 31.7 Å². The molecule has 1 atom stereocenters. The molecule has 1 aromatic heterocycles. The highest BCUT2D eigenvalue weighted by atomic mass is 16.3. The van der Waals surface area contributed by atoms with E-state index in [9.17, 15) is 4.79 Å². The molecule has 0 aromatic carbocycles. The maximum absolute atomic E-state index is 10.4. The van der Waals surface area contributed by atoms with Gasteiger partial charge in [0.1, 0.15) is 12.0 Å². The summed E-state index contributed by atoms with van der Waals surface area (Å²) in [6.45, 7) is 1.08. The van der Waals surface area contributed by atoms with E-state index in [1.807, 2.05) is 0 Å². The fraction of sp³-hybridized carbons (Fsp3) is 0.600. The summed E-state index contributed by atoms with van der Waals surface area (Å²) < 4.78 is 5.18. The first-order valence-corrected chi connectivity index (χ1v) is 5.01. The molecule has 14 heavy (non-hydrogen) atoms. The molecule has 0 amide bonds. The Bertz CT molecular complexity index is 303. The van der Waals surface area contributed by atoms with Crippen LogP contribution >= 0.6 is 0 Å². The Hall–Kier alpha value is -1.16. The largest absolute Gasteiger partial charge is 0.448 e. The van der Waals surface area contributed by atoms with Gasteiger partial charge in [-0.1, -0.05) is 6.42 Å². The Kier molecular flexibility index (Phi) is 2.93. The predicted octanol–water partition coefficient (Wildman–Crippen LogP) is 1.17. The summed E-state index contributed by atoms with van der Waals surface area (Å²) in [5.74, 6) is 0.659. The molecule has 0 radical (unpaired) electrons. The summed E-state index contributed by atoms with van der Waals surface area (Å²) >= 11 is 0. The number of oxazole rings is 1. The van der Waals surface area contributed by atoms with Crippen molar-refractivity contribution in [1.82, 2.24) is 10.3 Å². The molecule has 2 heterocycles. The maximum Gasteiger partial charge on any atom is 0.196 e. The van der Waals surface area contributed by atoms with Crippen LogP contribution in [-0.2, 0) is 6.42 Å². The Morgan fingerprint density at radius 1 is 1.64 bits per heavy atom. The third kappa shape index (κ3) is 2.20. The molecule has 1 aromatic rings. The first-order chi connectivity index (χ1) is 6.88. The van der Waals surface area contributed by atoms with Crippen molar-refractivity contribution < 1.29 is 9.21 Å². The average Bonchev–Trinajstić information content (AvgIpc) is 2.67. The fourth-order valence-electron chi connectivity index (χ4n) is 1.78. The van der Waals surface area contributed by atoms with Gasteiger partial charge in [-0.05, 0) is 19.4 Å². The number of aldehydes is 1. The molecule has 0 spiro atoms. The summed E-state index contributed by atoms with van der Waals surface area (Å²) in [5, 5.41) is 3.41. The number of hydrogen-bond donors (Lipinski definition) is 1. The standard InChI is InChI=1S/C10H14N2O2/c13-6-9-7-14-10(12-9)5-8-3-1-2-4-11-8/h6-8,11H,1-5H2. The summed E-state index contributed by atoms with van der Waals surface area (Å²) in [6, 6.07) is 0.460. The Balaban J connectivity index is 1.92. The van der Waals surface area contributed by atoms with Crippen LogP contribution in [-0.4, -0.2) is 23.9 Å². The van der Waals surface area contributed by atoms with E-state index < -0.39 is 0 Å². The molecule has 1 aliphatic rings. The normalized spacial score (nSPS) is 22.1. The number of rotatable bonds is 3. The number of carbonyl (C=O) groups excluding carboxylic acids is 1. The van der Waals surface area contributed by atoms with Crippen molar-refractivity contribution in [3.63, 3.8) is 0 Å². The van der Waals surface area contributed by atoms with Gasteiger partial charge in [0.05, 0.1) is 0 Å². The van der Waals surface area contributed by atoms with E-state index >= 15 is 0 Å². The highest BCUT2D eigenvalue weighted by molar-refractivity contribution is 5.70. The lowest BCUT2D eigenvalue weighted by Gasteiger charge is -2.21. The molecular weight excluding hydrogens is 180 g/mol. The second-order valence-corrected chi connectivity index (χ2v) is 3.63. The van der Waals surface area contributed by atoms with Gasteiger partial charge in [0.2, 0.25) is 0 Å². The van der Waals surface area contributed by atoms with E-state index in [-0.39, 0.29) is 0 Å². The molecule has 1 unspecified atom stereocenters. The van der Waals surface area contributed by atoms with Crippen LogP contribution in [0.3, 0.4) is 0 Å². The zero-order chi connectivity index (χ0) is 9.80. The number of hydrogen-bond acceptors (Lipinski definition) is 4. The monoisotopic (exact) mass is 194 g/mol. The van der Waals surface area contributed by atoms with Crippen molar-refractivity contribution in [1.29, 1.82) is 0 Å². The summed E-state index contributed by atoms with van der Waals surface area (Å²) in [5.41, 5.74) is 0.385. The van der Waals surface area contributed by atoms with Gasteiger partial charge in [0.25, 0.3) is 0 Å². The van der Waals surface area contributed by atoms with Crippen LogP contribution in [0.5, 0.6) is 0 Å².